The lowest BCUT2D eigenvalue weighted by Gasteiger charge is -2.08. The maximum Gasteiger partial charge on any atom is 0.244 e. The third-order valence-electron chi connectivity index (χ3n) is 3.00. The summed E-state index contributed by atoms with van der Waals surface area (Å²) in [7, 11) is 0. The monoisotopic (exact) mass is 318 g/mol. The summed E-state index contributed by atoms with van der Waals surface area (Å²) in [5, 5.41) is 12.5. The first-order valence-corrected chi connectivity index (χ1v) is 7.56. The van der Waals surface area contributed by atoms with Gasteiger partial charge in [0.25, 0.3) is 0 Å². The zero-order valence-electron chi connectivity index (χ0n) is 13.5. The largest absolute Gasteiger partial charge is 0.477 e. The van der Waals surface area contributed by atoms with Crippen LogP contribution in [0.3, 0.4) is 0 Å². The van der Waals surface area contributed by atoms with Crippen molar-refractivity contribution in [2.45, 2.75) is 26.9 Å². The molecule has 2 aromatic heterocycles. The van der Waals surface area contributed by atoms with Gasteiger partial charge in [-0.15, -0.1) is 0 Å². The van der Waals surface area contributed by atoms with Crippen LogP contribution in [-0.4, -0.2) is 45.2 Å². The minimum absolute atomic E-state index is 0.211. The number of aromatic amines is 1. The third-order valence-corrected chi connectivity index (χ3v) is 3.00. The fraction of sp³-hybridized carbons (Fsp3) is 0.438. The smallest absolute Gasteiger partial charge is 0.244 e. The predicted octanol–water partition coefficient (Wildman–Crippen LogP) is 1.50. The number of H-pyrrole nitrogens is 1. The van der Waals surface area contributed by atoms with E-state index in [-0.39, 0.29) is 12.5 Å². The number of aliphatic hydroxyl groups is 1. The highest BCUT2D eigenvalue weighted by molar-refractivity contribution is 5.96. The average molecular weight is 318 g/mol. The van der Waals surface area contributed by atoms with Crippen molar-refractivity contribution in [1.29, 1.82) is 0 Å². The Kier molecular flexibility index (Phi) is 5.70. The van der Waals surface area contributed by atoms with Crippen LogP contribution in [0.2, 0.25) is 0 Å². The fourth-order valence-electron chi connectivity index (χ4n) is 1.92. The van der Waals surface area contributed by atoms with Crippen molar-refractivity contribution >= 4 is 23.0 Å². The van der Waals surface area contributed by atoms with Crippen molar-refractivity contribution < 1.29 is 14.6 Å². The molecule has 0 aromatic carbocycles. The van der Waals surface area contributed by atoms with Gasteiger partial charge in [-0.05, 0) is 18.9 Å². The molecule has 124 valence electrons. The molecule has 2 heterocycles. The van der Waals surface area contributed by atoms with Gasteiger partial charge in [-0.25, -0.2) is 9.97 Å². The summed E-state index contributed by atoms with van der Waals surface area (Å²) in [5.74, 6) is 0.597. The SMILES string of the molecule is CC(C)COc1ncnc2[nH]cc(C=CC(=O)NC[C@H](C)O)c12. The maximum atomic E-state index is 11.7. The van der Waals surface area contributed by atoms with Gasteiger partial charge in [-0.2, -0.15) is 0 Å². The first-order valence-electron chi connectivity index (χ1n) is 7.56. The van der Waals surface area contributed by atoms with E-state index in [2.05, 4.69) is 34.1 Å². The summed E-state index contributed by atoms with van der Waals surface area (Å²) in [6.07, 6.45) is 5.69. The zero-order chi connectivity index (χ0) is 16.8. The number of nitrogens with one attached hydrogen (secondary N) is 2. The van der Waals surface area contributed by atoms with Crippen LogP contribution >= 0.6 is 0 Å². The van der Waals surface area contributed by atoms with Crippen LogP contribution in [0.25, 0.3) is 17.1 Å². The summed E-state index contributed by atoms with van der Waals surface area (Å²) in [6.45, 7) is 6.49. The van der Waals surface area contributed by atoms with Crippen molar-refractivity contribution in [1.82, 2.24) is 20.3 Å². The van der Waals surface area contributed by atoms with Crippen molar-refractivity contribution in [2.24, 2.45) is 5.92 Å². The standard InChI is InChI=1S/C16H22N4O3/c1-10(2)8-23-16-14-12(7-18-15(14)19-9-20-16)4-5-13(22)17-6-11(3)21/h4-5,7,9-11,21H,6,8H2,1-3H3,(H,17,22)(H,18,19,20)/t11-/m0/s1. The van der Waals surface area contributed by atoms with Crippen molar-refractivity contribution in [3.63, 3.8) is 0 Å². The number of fused-ring (bicyclic) bond motifs is 1. The molecule has 0 saturated carbocycles. The Labute approximate surface area is 134 Å². The van der Waals surface area contributed by atoms with E-state index in [1.54, 1.807) is 19.2 Å². The highest BCUT2D eigenvalue weighted by Crippen LogP contribution is 2.26. The molecule has 0 spiro atoms. The van der Waals surface area contributed by atoms with Gasteiger partial charge in [-0.1, -0.05) is 13.8 Å². The Hall–Kier alpha value is -2.41. The Balaban J connectivity index is 2.18. The summed E-state index contributed by atoms with van der Waals surface area (Å²) in [6, 6.07) is 0. The number of aromatic nitrogens is 3. The summed E-state index contributed by atoms with van der Waals surface area (Å²) < 4.78 is 5.73. The number of amides is 1. The van der Waals surface area contributed by atoms with Gasteiger partial charge in [-0.3, -0.25) is 4.79 Å². The van der Waals surface area contributed by atoms with E-state index in [0.29, 0.717) is 24.1 Å². The maximum absolute atomic E-state index is 11.7. The van der Waals surface area contributed by atoms with Gasteiger partial charge < -0.3 is 20.1 Å². The van der Waals surface area contributed by atoms with Crippen LogP contribution in [0.5, 0.6) is 5.88 Å². The number of carbonyl (C=O) groups is 1. The van der Waals surface area contributed by atoms with Crippen LogP contribution in [0, 0.1) is 5.92 Å². The molecule has 1 atom stereocenters. The van der Waals surface area contributed by atoms with Crippen LogP contribution in [0.1, 0.15) is 26.3 Å². The molecule has 0 aliphatic heterocycles. The van der Waals surface area contributed by atoms with Crippen molar-refractivity contribution in [3.05, 3.63) is 24.2 Å². The van der Waals surface area contributed by atoms with E-state index in [1.807, 2.05) is 0 Å². The van der Waals surface area contributed by atoms with Gasteiger partial charge in [0.15, 0.2) is 0 Å². The van der Waals surface area contributed by atoms with E-state index < -0.39 is 6.10 Å². The molecule has 0 radical (unpaired) electrons. The molecular weight excluding hydrogens is 296 g/mol. The van der Waals surface area contributed by atoms with Crippen LogP contribution in [-0.2, 0) is 4.79 Å². The van der Waals surface area contributed by atoms with E-state index >= 15 is 0 Å². The lowest BCUT2D eigenvalue weighted by molar-refractivity contribution is -0.116. The molecule has 0 fully saturated rings. The second kappa shape index (κ2) is 7.73. The second-order valence-corrected chi connectivity index (χ2v) is 5.78. The predicted molar refractivity (Wildman–Crippen MR) is 87.9 cm³/mol. The summed E-state index contributed by atoms with van der Waals surface area (Å²) in [4.78, 5) is 23.1. The second-order valence-electron chi connectivity index (χ2n) is 5.78. The Morgan fingerprint density at radius 1 is 1.43 bits per heavy atom. The van der Waals surface area contributed by atoms with Crippen LogP contribution in [0.15, 0.2) is 18.6 Å². The quantitative estimate of drug-likeness (QED) is 0.672. The fourth-order valence-corrected chi connectivity index (χ4v) is 1.92. The molecule has 0 unspecified atom stereocenters. The molecule has 0 aliphatic rings. The normalized spacial score (nSPS) is 12.9. The van der Waals surface area contributed by atoms with Gasteiger partial charge in [0.05, 0.1) is 18.1 Å². The molecule has 23 heavy (non-hydrogen) atoms. The topological polar surface area (TPSA) is 100 Å². The number of aliphatic hydroxyl groups excluding tert-OH is 1. The molecule has 7 nitrogen and oxygen atoms in total. The van der Waals surface area contributed by atoms with E-state index in [0.717, 1.165) is 10.9 Å². The Bertz CT molecular complexity index is 692. The molecule has 3 N–H and O–H groups in total. The lowest BCUT2D eigenvalue weighted by Crippen LogP contribution is -2.28. The van der Waals surface area contributed by atoms with E-state index in [4.69, 9.17) is 9.84 Å². The number of carbonyl (C=O) groups excluding carboxylic acids is 1. The minimum atomic E-state index is -0.579. The van der Waals surface area contributed by atoms with Crippen molar-refractivity contribution in [3.8, 4) is 5.88 Å². The number of rotatable bonds is 7. The lowest BCUT2D eigenvalue weighted by atomic mass is 10.2. The molecule has 2 rings (SSSR count). The first kappa shape index (κ1) is 17.0. The first-order chi connectivity index (χ1) is 11.0. The Morgan fingerprint density at radius 3 is 2.91 bits per heavy atom. The molecule has 0 aliphatic carbocycles. The molecule has 0 bridgehead atoms. The molecule has 2 aromatic rings. The van der Waals surface area contributed by atoms with Crippen LogP contribution < -0.4 is 10.1 Å². The molecule has 1 amide bonds. The number of hydrogen-bond donors (Lipinski definition) is 3. The van der Waals surface area contributed by atoms with Gasteiger partial charge in [0.2, 0.25) is 11.8 Å². The average Bonchev–Trinajstić information content (AvgIpc) is 2.92. The summed E-state index contributed by atoms with van der Waals surface area (Å²) >= 11 is 0. The van der Waals surface area contributed by atoms with E-state index in [1.165, 1.54) is 12.4 Å². The van der Waals surface area contributed by atoms with Crippen LogP contribution in [0.4, 0.5) is 0 Å². The van der Waals surface area contributed by atoms with Crippen molar-refractivity contribution in [2.75, 3.05) is 13.2 Å². The molecule has 7 heteroatoms. The summed E-state index contributed by atoms with van der Waals surface area (Å²) in [5.41, 5.74) is 1.43. The molecule has 0 saturated heterocycles. The van der Waals surface area contributed by atoms with Gasteiger partial charge in [0, 0.05) is 24.4 Å². The van der Waals surface area contributed by atoms with E-state index in [9.17, 15) is 4.79 Å². The zero-order valence-corrected chi connectivity index (χ0v) is 13.5. The molecular formula is C16H22N4O3. The number of nitrogens with zero attached hydrogens (tertiary/aromatic N) is 2. The highest BCUT2D eigenvalue weighted by Gasteiger charge is 2.11. The third kappa shape index (κ3) is 4.79. The Morgan fingerprint density at radius 2 is 2.22 bits per heavy atom. The van der Waals surface area contributed by atoms with Gasteiger partial charge >= 0.3 is 0 Å². The number of hydrogen-bond acceptors (Lipinski definition) is 5. The highest BCUT2D eigenvalue weighted by atomic mass is 16.5. The number of ether oxygens (including phenoxy) is 1. The van der Waals surface area contributed by atoms with Gasteiger partial charge in [0.1, 0.15) is 12.0 Å². The minimum Gasteiger partial charge on any atom is -0.477 e.